The van der Waals surface area contributed by atoms with Crippen LogP contribution in [0.15, 0.2) is 35.9 Å². The average Bonchev–Trinajstić information content (AvgIpc) is 3.26. The minimum Gasteiger partial charge on any atom is -0.462 e. The molecule has 0 radical (unpaired) electrons. The molecule has 1 heterocycles. The van der Waals surface area contributed by atoms with Crippen LogP contribution in [-0.2, 0) is 16.0 Å². The predicted molar refractivity (Wildman–Crippen MR) is 88.7 cm³/mol. The predicted octanol–water partition coefficient (Wildman–Crippen LogP) is 2.00. The number of carbonyl (C=O) groups excluding carboxylic acids is 2. The number of ketones is 1. The Morgan fingerprint density at radius 1 is 1.36 bits per heavy atom. The van der Waals surface area contributed by atoms with E-state index in [1.54, 1.807) is 12.1 Å². The minimum atomic E-state index is -0.502. The van der Waals surface area contributed by atoms with Gasteiger partial charge in [-0.1, -0.05) is 19.1 Å². The van der Waals surface area contributed by atoms with Crippen LogP contribution in [-0.4, -0.2) is 39.0 Å². The van der Waals surface area contributed by atoms with E-state index in [1.807, 2.05) is 25.1 Å². The SMILES string of the molecule is CCCOC(=O)c1ccc2c(c1)CC1=C2C=CC(=O)C1c1nnn[nH]1. The fourth-order valence-corrected chi connectivity index (χ4v) is 3.36. The summed E-state index contributed by atoms with van der Waals surface area (Å²) < 4.78 is 5.20. The highest BCUT2D eigenvalue weighted by Gasteiger charge is 2.35. The third-order valence-corrected chi connectivity index (χ3v) is 4.48. The minimum absolute atomic E-state index is 0.0484. The quantitative estimate of drug-likeness (QED) is 0.858. The van der Waals surface area contributed by atoms with Crippen LogP contribution in [0.2, 0.25) is 0 Å². The highest BCUT2D eigenvalue weighted by Crippen LogP contribution is 2.43. The lowest BCUT2D eigenvalue weighted by molar-refractivity contribution is -0.115. The van der Waals surface area contributed by atoms with Gasteiger partial charge in [0.2, 0.25) is 0 Å². The number of ether oxygens (including phenoxy) is 1. The first-order valence-electron chi connectivity index (χ1n) is 8.18. The van der Waals surface area contributed by atoms with Crippen molar-refractivity contribution in [3.05, 3.63) is 58.4 Å². The van der Waals surface area contributed by atoms with Crippen LogP contribution in [0.4, 0.5) is 0 Å². The normalized spacial score (nSPS) is 18.3. The molecule has 0 amide bonds. The Hall–Kier alpha value is -3.09. The second-order valence-electron chi connectivity index (χ2n) is 6.08. The number of H-pyrrole nitrogens is 1. The zero-order valence-electron chi connectivity index (χ0n) is 13.7. The van der Waals surface area contributed by atoms with Gasteiger partial charge in [0.25, 0.3) is 0 Å². The Balaban J connectivity index is 1.68. The van der Waals surface area contributed by atoms with Gasteiger partial charge in [-0.25, -0.2) is 9.89 Å². The molecular formula is C18H16N4O3. The molecule has 2 aliphatic rings. The molecule has 1 atom stereocenters. The fraction of sp³-hybridized carbons (Fsp3) is 0.278. The van der Waals surface area contributed by atoms with Crippen molar-refractivity contribution in [3.63, 3.8) is 0 Å². The van der Waals surface area contributed by atoms with Gasteiger partial charge in [0, 0.05) is 0 Å². The van der Waals surface area contributed by atoms with E-state index in [1.165, 1.54) is 0 Å². The number of aromatic amines is 1. The molecule has 2 aliphatic carbocycles. The summed E-state index contributed by atoms with van der Waals surface area (Å²) in [4.78, 5) is 24.5. The molecule has 0 saturated heterocycles. The summed E-state index contributed by atoms with van der Waals surface area (Å²) in [6.07, 6.45) is 4.76. The smallest absolute Gasteiger partial charge is 0.338 e. The molecule has 0 spiro atoms. The highest BCUT2D eigenvalue weighted by atomic mass is 16.5. The van der Waals surface area contributed by atoms with Crippen molar-refractivity contribution in [2.75, 3.05) is 6.61 Å². The number of fused-ring (bicyclic) bond motifs is 2. The monoisotopic (exact) mass is 336 g/mol. The second-order valence-corrected chi connectivity index (χ2v) is 6.08. The number of aromatic nitrogens is 4. The maximum atomic E-state index is 12.4. The van der Waals surface area contributed by atoms with Crippen LogP contribution in [0.5, 0.6) is 0 Å². The van der Waals surface area contributed by atoms with Crippen LogP contribution in [0.1, 0.15) is 46.6 Å². The van der Waals surface area contributed by atoms with Crippen molar-refractivity contribution in [2.45, 2.75) is 25.7 Å². The summed E-state index contributed by atoms with van der Waals surface area (Å²) in [6.45, 7) is 2.36. The van der Waals surface area contributed by atoms with E-state index in [0.717, 1.165) is 28.7 Å². The number of nitrogens with one attached hydrogen (secondary N) is 1. The molecule has 1 aromatic heterocycles. The maximum Gasteiger partial charge on any atom is 0.338 e. The standard InChI is InChI=1S/C18H16N4O3/c1-2-7-25-18(24)10-3-4-12-11(8-10)9-14-13(12)5-6-15(23)16(14)17-19-21-22-20-17/h3-6,8,16H,2,7,9H2,1H3,(H,19,20,21,22). The fourth-order valence-electron chi connectivity index (χ4n) is 3.36. The summed E-state index contributed by atoms with van der Waals surface area (Å²) in [7, 11) is 0. The van der Waals surface area contributed by atoms with Gasteiger partial charge in [-0.05, 0) is 63.8 Å². The van der Waals surface area contributed by atoms with Gasteiger partial charge in [0.05, 0.1) is 12.2 Å². The van der Waals surface area contributed by atoms with Gasteiger partial charge in [-0.15, -0.1) is 5.10 Å². The number of nitrogens with zero attached hydrogens (tertiary/aromatic N) is 3. The summed E-state index contributed by atoms with van der Waals surface area (Å²) in [6, 6.07) is 5.53. The molecule has 7 nitrogen and oxygen atoms in total. The van der Waals surface area contributed by atoms with E-state index >= 15 is 0 Å². The van der Waals surface area contributed by atoms with E-state index in [9.17, 15) is 9.59 Å². The van der Waals surface area contributed by atoms with Gasteiger partial charge >= 0.3 is 5.97 Å². The molecule has 1 aromatic carbocycles. The zero-order chi connectivity index (χ0) is 17.4. The Bertz CT molecular complexity index is 912. The third-order valence-electron chi connectivity index (χ3n) is 4.48. The van der Waals surface area contributed by atoms with Crippen molar-refractivity contribution in [2.24, 2.45) is 0 Å². The molecular weight excluding hydrogens is 320 g/mol. The van der Waals surface area contributed by atoms with Crippen LogP contribution < -0.4 is 0 Å². The molecule has 7 heteroatoms. The van der Waals surface area contributed by atoms with Crippen molar-refractivity contribution in [1.29, 1.82) is 0 Å². The number of rotatable bonds is 4. The van der Waals surface area contributed by atoms with Crippen LogP contribution in [0.3, 0.4) is 0 Å². The van der Waals surface area contributed by atoms with E-state index in [4.69, 9.17) is 4.74 Å². The van der Waals surface area contributed by atoms with Gasteiger partial charge < -0.3 is 4.74 Å². The highest BCUT2D eigenvalue weighted by molar-refractivity contribution is 6.06. The summed E-state index contributed by atoms with van der Waals surface area (Å²) in [5.41, 5.74) is 4.53. The van der Waals surface area contributed by atoms with Crippen LogP contribution in [0.25, 0.3) is 5.57 Å². The number of esters is 1. The van der Waals surface area contributed by atoms with Crippen LogP contribution >= 0.6 is 0 Å². The first-order valence-corrected chi connectivity index (χ1v) is 8.18. The molecule has 25 heavy (non-hydrogen) atoms. The van der Waals surface area contributed by atoms with E-state index < -0.39 is 5.92 Å². The number of carbonyl (C=O) groups is 2. The lowest BCUT2D eigenvalue weighted by atomic mass is 9.86. The maximum absolute atomic E-state index is 12.4. The molecule has 2 aromatic rings. The molecule has 0 bridgehead atoms. The van der Waals surface area contributed by atoms with E-state index in [2.05, 4.69) is 20.6 Å². The molecule has 0 aliphatic heterocycles. The van der Waals surface area contributed by atoms with Gasteiger partial charge in [0.15, 0.2) is 11.6 Å². The van der Waals surface area contributed by atoms with Gasteiger partial charge in [-0.2, -0.15) is 0 Å². The number of hydrogen-bond acceptors (Lipinski definition) is 6. The number of tetrazole rings is 1. The van der Waals surface area contributed by atoms with E-state index in [-0.39, 0.29) is 11.8 Å². The Labute approximate surface area is 143 Å². The molecule has 0 saturated carbocycles. The first kappa shape index (κ1) is 15.4. The molecule has 0 fully saturated rings. The average molecular weight is 336 g/mol. The Morgan fingerprint density at radius 2 is 2.24 bits per heavy atom. The third kappa shape index (κ3) is 2.57. The number of allylic oxidation sites excluding steroid dienone is 4. The summed E-state index contributed by atoms with van der Waals surface area (Å²) >= 11 is 0. The van der Waals surface area contributed by atoms with Crippen molar-refractivity contribution >= 4 is 17.3 Å². The Kier molecular flexibility index (Phi) is 3.76. The van der Waals surface area contributed by atoms with Gasteiger partial charge in [-0.3, -0.25) is 4.79 Å². The van der Waals surface area contributed by atoms with Gasteiger partial charge in [0.1, 0.15) is 5.92 Å². The first-order chi connectivity index (χ1) is 12.2. The summed E-state index contributed by atoms with van der Waals surface area (Å²) in [5.74, 6) is -0.431. The number of benzene rings is 1. The summed E-state index contributed by atoms with van der Waals surface area (Å²) in [5, 5.41) is 13.8. The van der Waals surface area contributed by atoms with Crippen molar-refractivity contribution in [1.82, 2.24) is 20.6 Å². The number of hydrogen-bond donors (Lipinski definition) is 1. The second kappa shape index (κ2) is 6.08. The topological polar surface area (TPSA) is 97.8 Å². The molecule has 126 valence electrons. The largest absolute Gasteiger partial charge is 0.462 e. The molecule has 4 rings (SSSR count). The zero-order valence-corrected chi connectivity index (χ0v) is 13.7. The van der Waals surface area contributed by atoms with E-state index in [0.29, 0.717) is 24.4 Å². The lowest BCUT2D eigenvalue weighted by Gasteiger charge is -2.17. The van der Waals surface area contributed by atoms with Crippen molar-refractivity contribution in [3.8, 4) is 0 Å². The lowest BCUT2D eigenvalue weighted by Crippen LogP contribution is -2.18. The van der Waals surface area contributed by atoms with Crippen molar-refractivity contribution < 1.29 is 14.3 Å². The van der Waals surface area contributed by atoms with Crippen LogP contribution in [0, 0.1) is 0 Å². The molecule has 1 unspecified atom stereocenters. The Morgan fingerprint density at radius 3 is 3.00 bits per heavy atom. The molecule has 1 N–H and O–H groups in total.